The number of nitrogens with zero attached hydrogens (tertiary/aromatic N) is 3. The Kier molecular flexibility index (Phi) is 5.09. The van der Waals surface area contributed by atoms with Crippen LogP contribution in [0.4, 0.5) is 23.5 Å². The van der Waals surface area contributed by atoms with Crippen molar-refractivity contribution < 1.29 is 0 Å². The molecule has 0 aliphatic carbocycles. The quantitative estimate of drug-likeness (QED) is 0.640. The zero-order valence-electron chi connectivity index (χ0n) is 14.5. The molecule has 6 nitrogen and oxygen atoms in total. The third-order valence-electron chi connectivity index (χ3n) is 3.99. The standard InChI is InChI=1S/C19H22N6/c1-13-7-6-8-14(2)16(13)11-12-21-18-23-17(20)24-19(25-18)22-15-9-4-3-5-10-15/h3-10H,11-12H2,1-2H3,(H4,20,21,22,23,24,25). The fourth-order valence-electron chi connectivity index (χ4n) is 2.72. The van der Waals surface area contributed by atoms with E-state index < -0.39 is 0 Å². The summed E-state index contributed by atoms with van der Waals surface area (Å²) in [6.07, 6.45) is 0.894. The summed E-state index contributed by atoms with van der Waals surface area (Å²) in [6, 6.07) is 16.1. The Labute approximate surface area is 147 Å². The van der Waals surface area contributed by atoms with Crippen LogP contribution in [-0.2, 0) is 6.42 Å². The first-order valence-corrected chi connectivity index (χ1v) is 8.24. The van der Waals surface area contributed by atoms with Gasteiger partial charge in [-0.1, -0.05) is 36.4 Å². The zero-order chi connectivity index (χ0) is 17.6. The highest BCUT2D eigenvalue weighted by molar-refractivity contribution is 5.54. The Balaban J connectivity index is 1.66. The third-order valence-corrected chi connectivity index (χ3v) is 3.99. The molecule has 0 spiro atoms. The summed E-state index contributed by atoms with van der Waals surface area (Å²) in [5.74, 6) is 1.08. The fourth-order valence-corrected chi connectivity index (χ4v) is 2.72. The van der Waals surface area contributed by atoms with Crippen molar-refractivity contribution in [2.75, 3.05) is 22.9 Å². The van der Waals surface area contributed by atoms with Crippen molar-refractivity contribution in [1.82, 2.24) is 15.0 Å². The maximum Gasteiger partial charge on any atom is 0.233 e. The lowest BCUT2D eigenvalue weighted by atomic mass is 10.0. The molecule has 2 aromatic carbocycles. The summed E-state index contributed by atoms with van der Waals surface area (Å²) in [5.41, 5.74) is 10.6. The predicted octanol–water partition coefficient (Wildman–Crippen LogP) is 3.47. The second-order valence-corrected chi connectivity index (χ2v) is 5.88. The van der Waals surface area contributed by atoms with Gasteiger partial charge in [0, 0.05) is 12.2 Å². The van der Waals surface area contributed by atoms with Crippen molar-refractivity contribution in [2.45, 2.75) is 20.3 Å². The van der Waals surface area contributed by atoms with E-state index in [1.165, 1.54) is 16.7 Å². The predicted molar refractivity (Wildman–Crippen MR) is 102 cm³/mol. The highest BCUT2D eigenvalue weighted by Gasteiger charge is 2.06. The van der Waals surface area contributed by atoms with E-state index in [1.807, 2.05) is 30.3 Å². The number of benzene rings is 2. The molecule has 1 aromatic heterocycles. The lowest BCUT2D eigenvalue weighted by Crippen LogP contribution is -2.12. The molecule has 0 amide bonds. The van der Waals surface area contributed by atoms with Gasteiger partial charge >= 0.3 is 0 Å². The second-order valence-electron chi connectivity index (χ2n) is 5.88. The van der Waals surface area contributed by atoms with E-state index in [-0.39, 0.29) is 5.95 Å². The van der Waals surface area contributed by atoms with Gasteiger partial charge in [-0.25, -0.2) is 0 Å². The Bertz CT molecular complexity index is 828. The molecule has 25 heavy (non-hydrogen) atoms. The van der Waals surface area contributed by atoms with E-state index >= 15 is 0 Å². The molecule has 128 valence electrons. The molecule has 0 radical (unpaired) electrons. The molecule has 3 rings (SSSR count). The van der Waals surface area contributed by atoms with Gasteiger partial charge in [0.15, 0.2) is 0 Å². The molecule has 0 fully saturated rings. The van der Waals surface area contributed by atoms with Crippen molar-refractivity contribution in [3.63, 3.8) is 0 Å². The third kappa shape index (κ3) is 4.44. The second kappa shape index (κ2) is 7.61. The van der Waals surface area contributed by atoms with Crippen molar-refractivity contribution in [3.8, 4) is 0 Å². The van der Waals surface area contributed by atoms with Gasteiger partial charge in [-0.3, -0.25) is 0 Å². The summed E-state index contributed by atoms with van der Waals surface area (Å²) in [5, 5.41) is 6.36. The SMILES string of the molecule is Cc1cccc(C)c1CCNc1nc(N)nc(Nc2ccccc2)n1. The minimum Gasteiger partial charge on any atom is -0.368 e. The maximum atomic E-state index is 5.80. The average molecular weight is 334 g/mol. The number of para-hydroxylation sites is 1. The average Bonchev–Trinajstić information content (AvgIpc) is 2.58. The van der Waals surface area contributed by atoms with Gasteiger partial charge in [-0.05, 0) is 49.1 Å². The van der Waals surface area contributed by atoms with Gasteiger partial charge in [0.05, 0.1) is 0 Å². The van der Waals surface area contributed by atoms with Gasteiger partial charge < -0.3 is 16.4 Å². The molecule has 0 aliphatic heterocycles. The number of rotatable bonds is 6. The Hall–Kier alpha value is -3.15. The van der Waals surface area contributed by atoms with Gasteiger partial charge in [-0.15, -0.1) is 0 Å². The van der Waals surface area contributed by atoms with Crippen LogP contribution < -0.4 is 16.4 Å². The van der Waals surface area contributed by atoms with Crippen LogP contribution in [0.3, 0.4) is 0 Å². The first-order chi connectivity index (χ1) is 12.1. The molecule has 0 saturated heterocycles. The van der Waals surface area contributed by atoms with E-state index in [1.54, 1.807) is 0 Å². The monoisotopic (exact) mass is 334 g/mol. The molecule has 0 saturated carbocycles. The highest BCUT2D eigenvalue weighted by atomic mass is 15.2. The molecule has 6 heteroatoms. The number of anilines is 4. The Morgan fingerprint density at radius 1 is 0.840 bits per heavy atom. The number of aromatic nitrogens is 3. The van der Waals surface area contributed by atoms with Crippen LogP contribution in [-0.4, -0.2) is 21.5 Å². The molecule has 0 unspecified atom stereocenters. The van der Waals surface area contributed by atoms with Gasteiger partial charge in [-0.2, -0.15) is 15.0 Å². The van der Waals surface area contributed by atoms with Crippen molar-refractivity contribution in [3.05, 3.63) is 65.2 Å². The lowest BCUT2D eigenvalue weighted by Gasteiger charge is -2.11. The topological polar surface area (TPSA) is 88.8 Å². The van der Waals surface area contributed by atoms with Crippen LogP contribution in [0, 0.1) is 13.8 Å². The highest BCUT2D eigenvalue weighted by Crippen LogP contribution is 2.16. The molecule has 0 atom stereocenters. The van der Waals surface area contributed by atoms with Crippen molar-refractivity contribution in [2.24, 2.45) is 0 Å². The van der Waals surface area contributed by atoms with Gasteiger partial charge in [0.2, 0.25) is 17.8 Å². The normalized spacial score (nSPS) is 10.5. The van der Waals surface area contributed by atoms with E-state index in [4.69, 9.17) is 5.73 Å². The van der Waals surface area contributed by atoms with E-state index in [9.17, 15) is 0 Å². The van der Waals surface area contributed by atoms with Crippen molar-refractivity contribution in [1.29, 1.82) is 0 Å². The van der Waals surface area contributed by atoms with E-state index in [2.05, 4.69) is 57.6 Å². The Morgan fingerprint density at radius 2 is 1.52 bits per heavy atom. The van der Waals surface area contributed by atoms with Crippen LogP contribution in [0.1, 0.15) is 16.7 Å². The summed E-state index contributed by atoms with van der Waals surface area (Å²) < 4.78 is 0. The summed E-state index contributed by atoms with van der Waals surface area (Å²) in [7, 11) is 0. The van der Waals surface area contributed by atoms with E-state index in [0.29, 0.717) is 11.9 Å². The van der Waals surface area contributed by atoms with Crippen LogP contribution in [0.2, 0.25) is 0 Å². The molecule has 4 N–H and O–H groups in total. The lowest BCUT2D eigenvalue weighted by molar-refractivity contribution is 0.954. The number of hydrogen-bond acceptors (Lipinski definition) is 6. The molecular weight excluding hydrogens is 312 g/mol. The van der Waals surface area contributed by atoms with Crippen molar-refractivity contribution >= 4 is 23.5 Å². The number of aryl methyl sites for hydroxylation is 2. The number of nitrogens with two attached hydrogens (primary N) is 1. The van der Waals surface area contributed by atoms with Crippen LogP contribution >= 0.6 is 0 Å². The smallest absolute Gasteiger partial charge is 0.233 e. The minimum absolute atomic E-state index is 0.183. The molecular formula is C19H22N6. The molecule has 3 aromatic rings. The largest absolute Gasteiger partial charge is 0.368 e. The summed E-state index contributed by atoms with van der Waals surface area (Å²) in [6.45, 7) is 4.98. The number of hydrogen-bond donors (Lipinski definition) is 3. The number of nitrogen functional groups attached to an aromatic ring is 1. The van der Waals surface area contributed by atoms with Crippen LogP contribution in [0.15, 0.2) is 48.5 Å². The molecule has 1 heterocycles. The summed E-state index contributed by atoms with van der Waals surface area (Å²) in [4.78, 5) is 12.7. The van der Waals surface area contributed by atoms with Gasteiger partial charge in [0.25, 0.3) is 0 Å². The van der Waals surface area contributed by atoms with Crippen LogP contribution in [0.5, 0.6) is 0 Å². The molecule has 0 aliphatic rings. The van der Waals surface area contributed by atoms with Crippen LogP contribution in [0.25, 0.3) is 0 Å². The first kappa shape index (κ1) is 16.7. The zero-order valence-corrected chi connectivity index (χ0v) is 14.5. The van der Waals surface area contributed by atoms with Gasteiger partial charge in [0.1, 0.15) is 0 Å². The molecule has 0 bridgehead atoms. The Morgan fingerprint density at radius 3 is 2.24 bits per heavy atom. The maximum absolute atomic E-state index is 5.80. The number of nitrogens with one attached hydrogen (secondary N) is 2. The fraction of sp³-hybridized carbons (Fsp3) is 0.211. The first-order valence-electron chi connectivity index (χ1n) is 8.24. The minimum atomic E-state index is 0.183. The summed E-state index contributed by atoms with van der Waals surface area (Å²) >= 11 is 0. The van der Waals surface area contributed by atoms with E-state index in [0.717, 1.165) is 18.7 Å².